The number of hydrogen-bond donors (Lipinski definition) is 1. The van der Waals surface area contributed by atoms with Crippen LogP contribution >= 0.6 is 11.8 Å². The van der Waals surface area contributed by atoms with Crippen LogP contribution in [-0.4, -0.2) is 52.6 Å². The number of methoxy groups -OCH3 is 3. The van der Waals surface area contributed by atoms with Crippen molar-refractivity contribution in [3.05, 3.63) is 65.2 Å². The van der Waals surface area contributed by atoms with Crippen LogP contribution in [0.2, 0.25) is 0 Å². The maximum Gasteiger partial charge on any atom is 0.203 e. The van der Waals surface area contributed by atoms with Crippen LogP contribution in [0.1, 0.15) is 21.7 Å². The fourth-order valence-electron chi connectivity index (χ4n) is 3.83. The van der Waals surface area contributed by atoms with Gasteiger partial charge in [-0.1, -0.05) is 23.9 Å². The van der Waals surface area contributed by atoms with Gasteiger partial charge in [0.05, 0.1) is 32.8 Å². The first-order chi connectivity index (χ1) is 16.9. The van der Waals surface area contributed by atoms with Crippen LogP contribution in [0.15, 0.2) is 47.6 Å². The molecule has 4 rings (SSSR count). The summed E-state index contributed by atoms with van der Waals surface area (Å²) in [4.78, 5) is 16.0. The van der Waals surface area contributed by atoms with Gasteiger partial charge in [0.1, 0.15) is 5.82 Å². The van der Waals surface area contributed by atoms with Crippen LogP contribution in [-0.2, 0) is 0 Å². The third-order valence-corrected chi connectivity index (χ3v) is 6.36. The number of aromatic amines is 1. The van der Waals surface area contributed by atoms with Crippen molar-refractivity contribution >= 4 is 17.5 Å². The van der Waals surface area contributed by atoms with E-state index < -0.39 is 5.82 Å². The number of nitrogens with one attached hydrogen (secondary N) is 1. The van der Waals surface area contributed by atoms with Gasteiger partial charge < -0.3 is 19.2 Å². The monoisotopic (exact) mass is 496 g/mol. The summed E-state index contributed by atoms with van der Waals surface area (Å²) in [7, 11) is 4.54. The first-order valence-electron chi connectivity index (χ1n) is 10.7. The molecule has 10 heteroatoms. The van der Waals surface area contributed by atoms with Gasteiger partial charge in [-0.3, -0.25) is 9.36 Å². The van der Waals surface area contributed by atoms with Crippen LogP contribution in [0.25, 0.3) is 17.1 Å². The van der Waals surface area contributed by atoms with Crippen molar-refractivity contribution in [3.8, 4) is 34.3 Å². The number of thioether (sulfide) groups is 1. The Morgan fingerprint density at radius 1 is 1.03 bits per heavy atom. The Kier molecular flexibility index (Phi) is 7.11. The number of rotatable bonds is 9. The molecule has 0 aliphatic rings. The quantitative estimate of drug-likeness (QED) is 0.257. The first-order valence-corrected chi connectivity index (χ1v) is 11.7. The number of benzene rings is 2. The second-order valence-corrected chi connectivity index (χ2v) is 8.65. The van der Waals surface area contributed by atoms with E-state index in [1.807, 2.05) is 19.9 Å². The summed E-state index contributed by atoms with van der Waals surface area (Å²) in [5.41, 5.74) is 3.17. The molecule has 4 aromatic rings. The normalized spacial score (nSPS) is 10.9. The van der Waals surface area contributed by atoms with Gasteiger partial charge in [0, 0.05) is 22.5 Å². The van der Waals surface area contributed by atoms with E-state index in [0.29, 0.717) is 39.4 Å². The number of halogens is 1. The molecule has 0 fully saturated rings. The Morgan fingerprint density at radius 2 is 1.71 bits per heavy atom. The number of Topliss-reactive ketones (excluding diaryl/α,β-unsaturated/α-hetero) is 1. The molecular weight excluding hydrogens is 471 g/mol. The highest BCUT2D eigenvalue weighted by atomic mass is 32.2. The summed E-state index contributed by atoms with van der Waals surface area (Å²) >= 11 is 1.19. The van der Waals surface area contributed by atoms with E-state index in [9.17, 15) is 9.18 Å². The minimum absolute atomic E-state index is 0.0609. The maximum atomic E-state index is 14.9. The highest BCUT2D eigenvalue weighted by molar-refractivity contribution is 7.99. The fraction of sp³-hybridized carbons (Fsp3) is 0.240. The van der Waals surface area contributed by atoms with Crippen molar-refractivity contribution in [3.63, 3.8) is 0 Å². The number of nitrogens with zero attached hydrogens (tertiary/aromatic N) is 3. The highest BCUT2D eigenvalue weighted by Crippen LogP contribution is 2.42. The zero-order chi connectivity index (χ0) is 25.1. The minimum Gasteiger partial charge on any atom is -0.493 e. The Balaban J connectivity index is 1.79. The lowest BCUT2D eigenvalue weighted by molar-refractivity contribution is 0.102. The lowest BCUT2D eigenvalue weighted by Crippen LogP contribution is -2.06. The van der Waals surface area contributed by atoms with Crippen LogP contribution in [0, 0.1) is 19.7 Å². The Bertz CT molecular complexity index is 1360. The largest absolute Gasteiger partial charge is 0.493 e. The van der Waals surface area contributed by atoms with Crippen molar-refractivity contribution in [2.45, 2.75) is 19.0 Å². The van der Waals surface area contributed by atoms with Gasteiger partial charge in [-0.25, -0.2) is 4.39 Å². The molecule has 8 nitrogen and oxygen atoms in total. The minimum atomic E-state index is -0.453. The second kappa shape index (κ2) is 10.2. The smallest absolute Gasteiger partial charge is 0.203 e. The van der Waals surface area contributed by atoms with Crippen molar-refractivity contribution in [2.75, 3.05) is 27.1 Å². The van der Waals surface area contributed by atoms with E-state index in [2.05, 4.69) is 15.2 Å². The lowest BCUT2D eigenvalue weighted by Gasteiger charge is -2.15. The van der Waals surface area contributed by atoms with Gasteiger partial charge >= 0.3 is 0 Å². The molecule has 0 bridgehead atoms. The van der Waals surface area contributed by atoms with Gasteiger partial charge in [0.25, 0.3) is 0 Å². The van der Waals surface area contributed by atoms with Crippen molar-refractivity contribution in [1.82, 2.24) is 19.7 Å². The van der Waals surface area contributed by atoms with Crippen LogP contribution in [0.3, 0.4) is 0 Å². The van der Waals surface area contributed by atoms with Crippen LogP contribution < -0.4 is 14.2 Å². The van der Waals surface area contributed by atoms with E-state index in [0.717, 1.165) is 11.4 Å². The Hall–Kier alpha value is -3.79. The van der Waals surface area contributed by atoms with E-state index >= 15 is 0 Å². The molecule has 0 spiro atoms. The topological polar surface area (TPSA) is 91.3 Å². The van der Waals surface area contributed by atoms with E-state index in [-0.39, 0.29) is 17.2 Å². The second-order valence-electron chi connectivity index (χ2n) is 7.71. The average molecular weight is 497 g/mol. The maximum absolute atomic E-state index is 14.9. The number of aryl methyl sites for hydroxylation is 2. The van der Waals surface area contributed by atoms with Gasteiger partial charge in [-0.15, -0.1) is 10.2 Å². The molecule has 1 N–H and O–H groups in total. The number of aromatic nitrogens is 4. The summed E-state index contributed by atoms with van der Waals surface area (Å²) in [5, 5.41) is 9.00. The number of para-hydroxylation sites is 1. The molecule has 0 amide bonds. The summed E-state index contributed by atoms with van der Waals surface area (Å²) in [6.07, 6.45) is 0. The molecule has 0 atom stereocenters. The first kappa shape index (κ1) is 24.3. The SMILES string of the molecule is COc1cc(-c2nnc(SCC(=O)c3cc(C)[nH]c3C)n2-c2ccccc2F)cc(OC)c1OC. The lowest BCUT2D eigenvalue weighted by atomic mass is 10.1. The number of H-pyrrole nitrogens is 1. The molecule has 0 radical (unpaired) electrons. The van der Waals surface area contributed by atoms with E-state index in [1.165, 1.54) is 39.2 Å². The number of hydrogen-bond acceptors (Lipinski definition) is 7. The van der Waals surface area contributed by atoms with Crippen molar-refractivity contribution < 1.29 is 23.4 Å². The molecule has 2 aromatic heterocycles. The summed E-state index contributed by atoms with van der Waals surface area (Å²) in [6, 6.07) is 11.6. The number of ketones is 1. The predicted molar refractivity (Wildman–Crippen MR) is 132 cm³/mol. The predicted octanol–water partition coefficient (Wildman–Crippen LogP) is 5.02. The van der Waals surface area contributed by atoms with Gasteiger partial charge in [0.2, 0.25) is 5.75 Å². The summed E-state index contributed by atoms with van der Waals surface area (Å²) in [6.45, 7) is 3.75. The summed E-state index contributed by atoms with van der Waals surface area (Å²) in [5.74, 6) is 1.23. The molecule has 182 valence electrons. The molecule has 0 saturated heterocycles. The van der Waals surface area contributed by atoms with Crippen LogP contribution in [0.4, 0.5) is 4.39 Å². The zero-order valence-electron chi connectivity index (χ0n) is 20.0. The Morgan fingerprint density at radius 3 is 2.29 bits per heavy atom. The van der Waals surface area contributed by atoms with E-state index in [4.69, 9.17) is 14.2 Å². The number of carbonyl (C=O) groups is 1. The zero-order valence-corrected chi connectivity index (χ0v) is 20.8. The molecule has 2 aromatic carbocycles. The third kappa shape index (κ3) is 4.74. The van der Waals surface area contributed by atoms with Gasteiger partial charge in [0.15, 0.2) is 28.3 Å². The highest BCUT2D eigenvalue weighted by Gasteiger charge is 2.23. The molecule has 0 aliphatic carbocycles. The number of carbonyl (C=O) groups excluding carboxylic acids is 1. The average Bonchev–Trinajstić information content (AvgIpc) is 3.43. The molecule has 0 aliphatic heterocycles. The molecule has 2 heterocycles. The van der Waals surface area contributed by atoms with E-state index in [1.54, 1.807) is 34.9 Å². The van der Waals surface area contributed by atoms with Gasteiger partial charge in [-0.05, 0) is 44.2 Å². The fourth-order valence-corrected chi connectivity index (χ4v) is 4.66. The molecular formula is C25H25FN4O4S. The van der Waals surface area contributed by atoms with Crippen molar-refractivity contribution in [2.24, 2.45) is 0 Å². The molecule has 0 unspecified atom stereocenters. The van der Waals surface area contributed by atoms with Crippen molar-refractivity contribution in [1.29, 1.82) is 0 Å². The Labute approximate surface area is 206 Å². The molecule has 35 heavy (non-hydrogen) atoms. The number of ether oxygens (including phenoxy) is 3. The van der Waals surface area contributed by atoms with Crippen LogP contribution in [0.5, 0.6) is 17.2 Å². The summed E-state index contributed by atoms with van der Waals surface area (Å²) < 4.78 is 32.9. The van der Waals surface area contributed by atoms with Gasteiger partial charge in [-0.2, -0.15) is 0 Å². The third-order valence-electron chi connectivity index (χ3n) is 5.43. The standard InChI is InChI=1S/C25H25FN4O4S/c1-14-10-17(15(2)27-14)20(31)13-35-25-29-28-24(30(25)19-9-7-6-8-18(19)26)16-11-21(32-3)23(34-5)22(12-16)33-4/h6-12,27H,13H2,1-5H3. The molecule has 0 saturated carbocycles.